The molecule has 3 aromatic rings. The maximum Gasteiger partial charge on any atom is 0.163 e. The van der Waals surface area contributed by atoms with Gasteiger partial charge < -0.3 is 0 Å². The van der Waals surface area contributed by atoms with E-state index in [4.69, 9.17) is 0 Å². The number of hydrogen-bond donors (Lipinski definition) is 0. The highest BCUT2D eigenvalue weighted by molar-refractivity contribution is 5.97. The minimum Gasteiger partial charge on any atom is -0.294 e. The lowest BCUT2D eigenvalue weighted by molar-refractivity contribution is 0.0983. The average Bonchev–Trinajstić information content (AvgIpc) is 2.83. The Kier molecular flexibility index (Phi) is 7.25. The van der Waals surface area contributed by atoms with Crippen LogP contribution in [-0.2, 0) is 12.8 Å². The summed E-state index contributed by atoms with van der Waals surface area (Å²) in [5, 5.41) is 0. The molecule has 0 aliphatic heterocycles. The van der Waals surface area contributed by atoms with E-state index in [1.807, 2.05) is 36.4 Å². The van der Waals surface area contributed by atoms with Crippen LogP contribution < -0.4 is 0 Å². The van der Waals surface area contributed by atoms with Gasteiger partial charge in [-0.2, -0.15) is 0 Å². The summed E-state index contributed by atoms with van der Waals surface area (Å²) in [6.07, 6.45) is 9.33. The fourth-order valence-electron chi connectivity index (χ4n) is 4.90. The summed E-state index contributed by atoms with van der Waals surface area (Å²) >= 11 is 0. The minimum atomic E-state index is 0.211. The number of carbonyl (C=O) groups is 1. The van der Waals surface area contributed by atoms with Gasteiger partial charge in [-0.05, 0) is 84.6 Å². The predicted molar refractivity (Wildman–Crippen MR) is 135 cm³/mol. The zero-order valence-electron chi connectivity index (χ0n) is 19.6. The van der Waals surface area contributed by atoms with Crippen LogP contribution >= 0.6 is 0 Å². The van der Waals surface area contributed by atoms with Gasteiger partial charge in [-0.3, -0.25) is 4.79 Å². The van der Waals surface area contributed by atoms with E-state index in [2.05, 4.69) is 56.3 Å². The highest BCUT2D eigenvalue weighted by Gasteiger charge is 2.26. The van der Waals surface area contributed by atoms with Crippen LogP contribution in [0, 0.1) is 11.3 Å². The maximum absolute atomic E-state index is 12.7. The lowest BCUT2D eigenvalue weighted by atomic mass is 9.72. The quantitative estimate of drug-likeness (QED) is 0.332. The minimum absolute atomic E-state index is 0.211. The van der Waals surface area contributed by atoms with Crippen LogP contribution in [0.1, 0.15) is 73.9 Å². The maximum atomic E-state index is 12.7. The molecule has 1 saturated carbocycles. The molecule has 1 aliphatic carbocycles. The molecule has 32 heavy (non-hydrogen) atoms. The van der Waals surface area contributed by atoms with E-state index in [9.17, 15) is 4.79 Å². The SMILES string of the molecule is CC1(C)CCC(CCc2ccc(-c3cccc(C(=O)CCc4ccccc4)c3)cc2)CC1. The lowest BCUT2D eigenvalue weighted by Gasteiger charge is -2.34. The lowest BCUT2D eigenvalue weighted by Crippen LogP contribution is -2.21. The van der Waals surface area contributed by atoms with Crippen LogP contribution in [0.5, 0.6) is 0 Å². The highest BCUT2D eigenvalue weighted by Crippen LogP contribution is 2.39. The first-order valence-corrected chi connectivity index (χ1v) is 12.3. The van der Waals surface area contributed by atoms with Gasteiger partial charge in [0.1, 0.15) is 0 Å². The van der Waals surface area contributed by atoms with E-state index in [0.717, 1.165) is 23.5 Å². The van der Waals surface area contributed by atoms with Gasteiger partial charge >= 0.3 is 0 Å². The summed E-state index contributed by atoms with van der Waals surface area (Å²) in [5.74, 6) is 1.10. The molecule has 0 spiro atoms. The van der Waals surface area contributed by atoms with Gasteiger partial charge in [-0.15, -0.1) is 0 Å². The molecular formula is C31H36O. The first-order valence-electron chi connectivity index (χ1n) is 12.3. The molecule has 0 atom stereocenters. The van der Waals surface area contributed by atoms with E-state index in [-0.39, 0.29) is 5.78 Å². The second kappa shape index (κ2) is 10.3. The summed E-state index contributed by atoms with van der Waals surface area (Å²) in [5.41, 5.74) is 6.30. The van der Waals surface area contributed by atoms with Crippen LogP contribution in [0.3, 0.4) is 0 Å². The molecule has 0 saturated heterocycles. The molecule has 0 amide bonds. The predicted octanol–water partition coefficient (Wildman–Crippen LogP) is 8.32. The Balaban J connectivity index is 1.33. The topological polar surface area (TPSA) is 17.1 Å². The second-order valence-electron chi connectivity index (χ2n) is 10.3. The van der Waals surface area contributed by atoms with E-state index in [1.54, 1.807) is 0 Å². The van der Waals surface area contributed by atoms with Crippen molar-refractivity contribution in [2.75, 3.05) is 0 Å². The summed E-state index contributed by atoms with van der Waals surface area (Å²) < 4.78 is 0. The van der Waals surface area contributed by atoms with Gasteiger partial charge in [0.2, 0.25) is 0 Å². The van der Waals surface area contributed by atoms with Gasteiger partial charge in [-0.1, -0.05) is 86.6 Å². The second-order valence-corrected chi connectivity index (χ2v) is 10.3. The normalized spacial score (nSPS) is 16.1. The van der Waals surface area contributed by atoms with Gasteiger partial charge in [0.05, 0.1) is 0 Å². The zero-order valence-corrected chi connectivity index (χ0v) is 19.6. The molecule has 0 radical (unpaired) electrons. The molecular weight excluding hydrogens is 388 g/mol. The van der Waals surface area contributed by atoms with Crippen LogP contribution in [0.25, 0.3) is 11.1 Å². The van der Waals surface area contributed by atoms with Crippen molar-refractivity contribution in [2.45, 2.75) is 65.2 Å². The largest absolute Gasteiger partial charge is 0.294 e. The molecule has 166 valence electrons. The molecule has 3 aromatic carbocycles. The smallest absolute Gasteiger partial charge is 0.163 e. The molecule has 0 N–H and O–H groups in total. The standard InChI is InChI=1S/C31H36O/c1-31(2)21-19-26(20-22-31)12-11-25-13-16-27(17-14-25)28-9-6-10-29(23-28)30(32)18-15-24-7-4-3-5-8-24/h3-10,13-14,16-17,23,26H,11-12,15,18-22H2,1-2H3. The Labute approximate surface area is 193 Å². The Hall–Kier alpha value is -2.67. The molecule has 4 rings (SSSR count). The fraction of sp³-hybridized carbons (Fsp3) is 0.387. The van der Waals surface area contributed by atoms with Crippen molar-refractivity contribution in [2.24, 2.45) is 11.3 Å². The number of benzene rings is 3. The molecule has 1 aliphatic rings. The van der Waals surface area contributed by atoms with E-state index >= 15 is 0 Å². The van der Waals surface area contributed by atoms with Crippen LogP contribution in [0.4, 0.5) is 0 Å². The van der Waals surface area contributed by atoms with Gasteiger partial charge in [0.15, 0.2) is 5.78 Å². The van der Waals surface area contributed by atoms with Gasteiger partial charge in [0, 0.05) is 12.0 Å². The molecule has 0 bridgehead atoms. The van der Waals surface area contributed by atoms with Crippen molar-refractivity contribution in [1.29, 1.82) is 0 Å². The van der Waals surface area contributed by atoms with Gasteiger partial charge in [0.25, 0.3) is 0 Å². The first-order chi connectivity index (χ1) is 15.5. The fourth-order valence-corrected chi connectivity index (χ4v) is 4.90. The number of rotatable bonds is 8. The van der Waals surface area contributed by atoms with Gasteiger partial charge in [-0.25, -0.2) is 0 Å². The molecule has 1 nitrogen and oxygen atoms in total. The van der Waals surface area contributed by atoms with Crippen molar-refractivity contribution in [3.63, 3.8) is 0 Å². The van der Waals surface area contributed by atoms with E-state index in [1.165, 1.54) is 55.2 Å². The third kappa shape index (κ3) is 6.19. The van der Waals surface area contributed by atoms with E-state index < -0.39 is 0 Å². The Morgan fingerprint density at radius 2 is 1.47 bits per heavy atom. The Morgan fingerprint density at radius 3 is 2.19 bits per heavy atom. The zero-order chi connectivity index (χ0) is 22.4. The molecule has 0 unspecified atom stereocenters. The highest BCUT2D eigenvalue weighted by atomic mass is 16.1. The van der Waals surface area contributed by atoms with Crippen LogP contribution in [-0.4, -0.2) is 5.78 Å². The third-order valence-corrected chi connectivity index (χ3v) is 7.26. The summed E-state index contributed by atoms with van der Waals surface area (Å²) in [4.78, 5) is 12.7. The number of Topliss-reactive ketones (excluding diaryl/α,β-unsaturated/α-hetero) is 1. The Bertz CT molecular complexity index is 1000. The Morgan fingerprint density at radius 1 is 0.781 bits per heavy atom. The summed E-state index contributed by atoms with van der Waals surface area (Å²) in [6, 6.07) is 27.3. The summed E-state index contributed by atoms with van der Waals surface area (Å²) in [6.45, 7) is 4.82. The first kappa shape index (κ1) is 22.5. The monoisotopic (exact) mass is 424 g/mol. The number of hydrogen-bond acceptors (Lipinski definition) is 1. The number of ketones is 1. The van der Waals surface area contributed by atoms with Crippen molar-refractivity contribution >= 4 is 5.78 Å². The average molecular weight is 425 g/mol. The van der Waals surface area contributed by atoms with Crippen LogP contribution in [0.2, 0.25) is 0 Å². The number of aryl methyl sites for hydroxylation is 2. The molecule has 1 heteroatoms. The van der Waals surface area contributed by atoms with Crippen LogP contribution in [0.15, 0.2) is 78.9 Å². The van der Waals surface area contributed by atoms with Crippen molar-refractivity contribution in [3.8, 4) is 11.1 Å². The van der Waals surface area contributed by atoms with Crippen molar-refractivity contribution in [3.05, 3.63) is 95.6 Å². The molecule has 0 aromatic heterocycles. The molecule has 0 heterocycles. The van der Waals surface area contributed by atoms with Crippen molar-refractivity contribution < 1.29 is 4.79 Å². The molecule has 1 fully saturated rings. The number of carbonyl (C=O) groups excluding carboxylic acids is 1. The van der Waals surface area contributed by atoms with Crippen molar-refractivity contribution in [1.82, 2.24) is 0 Å². The third-order valence-electron chi connectivity index (χ3n) is 7.26. The van der Waals surface area contributed by atoms with E-state index in [0.29, 0.717) is 11.8 Å². The summed E-state index contributed by atoms with van der Waals surface area (Å²) in [7, 11) is 0.